The molecule has 0 aromatic heterocycles. The molecule has 0 fully saturated rings. The van der Waals surface area contributed by atoms with Crippen LogP contribution in [0, 0.1) is 0 Å². The van der Waals surface area contributed by atoms with Crippen molar-refractivity contribution in [2.45, 2.75) is 19.9 Å². The average molecular weight is 272 g/mol. The van der Waals surface area contributed by atoms with Crippen LogP contribution in [0.3, 0.4) is 0 Å². The molecule has 1 aromatic carbocycles. The number of hydrogen-bond donors (Lipinski definition) is 2. The molecule has 0 saturated carbocycles. The number of carbonyl (C=O) groups excluding carboxylic acids is 1. The molecule has 18 heavy (non-hydrogen) atoms. The Bertz CT molecular complexity index is 422. The molecule has 0 spiro atoms. The van der Waals surface area contributed by atoms with Gasteiger partial charge in [-0.1, -0.05) is 18.5 Å². The van der Waals surface area contributed by atoms with Gasteiger partial charge in [-0.05, 0) is 25.1 Å². The second-order valence-electron chi connectivity index (χ2n) is 3.81. The molecular formula is C12H18ClN3O2. The fourth-order valence-corrected chi connectivity index (χ4v) is 1.76. The van der Waals surface area contributed by atoms with Crippen LogP contribution in [-0.2, 0) is 9.63 Å². The Morgan fingerprint density at radius 1 is 1.61 bits per heavy atom. The summed E-state index contributed by atoms with van der Waals surface area (Å²) in [5.74, 6) is -0.187. The van der Waals surface area contributed by atoms with Crippen molar-refractivity contribution in [3.8, 4) is 0 Å². The summed E-state index contributed by atoms with van der Waals surface area (Å²) in [4.78, 5) is 17.1. The molecule has 0 saturated heterocycles. The first-order valence-corrected chi connectivity index (χ1v) is 6.04. The number of amides is 1. The Labute approximate surface area is 112 Å². The van der Waals surface area contributed by atoms with Crippen LogP contribution >= 0.6 is 11.6 Å². The first kappa shape index (κ1) is 14.8. The fourth-order valence-electron chi connectivity index (χ4n) is 1.58. The van der Waals surface area contributed by atoms with E-state index in [4.69, 9.17) is 22.2 Å². The maximum atomic E-state index is 12.0. The molecule has 1 atom stereocenters. The van der Waals surface area contributed by atoms with Gasteiger partial charge in [0.1, 0.15) is 6.04 Å². The van der Waals surface area contributed by atoms with E-state index in [-0.39, 0.29) is 5.91 Å². The number of carbonyl (C=O) groups is 1. The van der Waals surface area contributed by atoms with Crippen molar-refractivity contribution < 1.29 is 9.63 Å². The number of nitrogens with two attached hydrogens (primary N) is 1. The van der Waals surface area contributed by atoms with Gasteiger partial charge in [-0.3, -0.25) is 4.79 Å². The molecule has 0 aliphatic rings. The molecule has 0 bridgehead atoms. The predicted molar refractivity (Wildman–Crippen MR) is 73.3 cm³/mol. The van der Waals surface area contributed by atoms with Crippen molar-refractivity contribution in [1.29, 1.82) is 0 Å². The number of nitrogen functional groups attached to an aromatic ring is 1. The van der Waals surface area contributed by atoms with Gasteiger partial charge in [-0.25, -0.2) is 0 Å². The lowest BCUT2D eigenvalue weighted by Crippen LogP contribution is -2.41. The molecule has 0 aliphatic heterocycles. The topological polar surface area (TPSA) is 67.6 Å². The van der Waals surface area contributed by atoms with Crippen LogP contribution < -0.4 is 11.1 Å². The van der Waals surface area contributed by atoms with Gasteiger partial charge in [0.05, 0.1) is 18.5 Å². The number of anilines is 2. The van der Waals surface area contributed by atoms with Gasteiger partial charge < -0.3 is 15.9 Å². The van der Waals surface area contributed by atoms with Gasteiger partial charge in [0.15, 0.2) is 0 Å². The van der Waals surface area contributed by atoms with E-state index in [0.717, 1.165) is 0 Å². The van der Waals surface area contributed by atoms with E-state index in [1.165, 1.54) is 7.11 Å². The summed E-state index contributed by atoms with van der Waals surface area (Å²) in [7, 11) is 1.53. The minimum Gasteiger partial charge on any atom is -0.397 e. The van der Waals surface area contributed by atoms with Crippen LogP contribution in [0.1, 0.15) is 13.8 Å². The number of hydroxylamine groups is 2. The first-order chi connectivity index (χ1) is 8.49. The highest BCUT2D eigenvalue weighted by Crippen LogP contribution is 2.22. The summed E-state index contributed by atoms with van der Waals surface area (Å²) in [6, 6.07) is 4.53. The van der Waals surface area contributed by atoms with E-state index >= 15 is 0 Å². The van der Waals surface area contributed by atoms with E-state index in [1.54, 1.807) is 30.2 Å². The predicted octanol–water partition coefficient (Wildman–Crippen LogP) is 2.13. The van der Waals surface area contributed by atoms with Gasteiger partial charge in [-0.2, -0.15) is 5.06 Å². The number of hydrogen-bond acceptors (Lipinski definition) is 4. The Kier molecular flexibility index (Phi) is 5.40. The minimum absolute atomic E-state index is 0.187. The van der Waals surface area contributed by atoms with E-state index in [1.807, 2.05) is 6.92 Å². The van der Waals surface area contributed by atoms with E-state index in [0.29, 0.717) is 22.9 Å². The van der Waals surface area contributed by atoms with Crippen molar-refractivity contribution in [1.82, 2.24) is 5.06 Å². The van der Waals surface area contributed by atoms with Gasteiger partial charge >= 0.3 is 0 Å². The highest BCUT2D eigenvalue weighted by Gasteiger charge is 2.20. The quantitative estimate of drug-likeness (QED) is 0.636. The number of benzene rings is 1. The smallest absolute Gasteiger partial charge is 0.243 e. The van der Waals surface area contributed by atoms with Crippen LogP contribution in [-0.4, -0.2) is 30.7 Å². The zero-order valence-corrected chi connectivity index (χ0v) is 11.5. The highest BCUT2D eigenvalue weighted by atomic mass is 35.5. The second kappa shape index (κ2) is 6.58. The summed E-state index contributed by atoms with van der Waals surface area (Å²) in [6.07, 6.45) is 0. The normalized spacial score (nSPS) is 12.5. The molecule has 1 aromatic rings. The molecule has 5 nitrogen and oxygen atoms in total. The van der Waals surface area contributed by atoms with E-state index in [9.17, 15) is 4.79 Å². The molecule has 1 unspecified atom stereocenters. The zero-order valence-electron chi connectivity index (χ0n) is 10.7. The maximum absolute atomic E-state index is 12.0. The summed E-state index contributed by atoms with van der Waals surface area (Å²) in [5, 5.41) is 4.85. The highest BCUT2D eigenvalue weighted by molar-refractivity contribution is 6.31. The third-order valence-electron chi connectivity index (χ3n) is 2.63. The molecule has 1 rings (SSSR count). The number of rotatable bonds is 5. The molecule has 1 amide bonds. The minimum atomic E-state index is -0.407. The van der Waals surface area contributed by atoms with Crippen LogP contribution in [0.15, 0.2) is 18.2 Å². The Morgan fingerprint density at radius 3 is 2.78 bits per heavy atom. The lowest BCUT2D eigenvalue weighted by molar-refractivity contribution is -0.164. The fraction of sp³-hybridized carbons (Fsp3) is 0.417. The van der Waals surface area contributed by atoms with Gasteiger partial charge in [0.2, 0.25) is 5.91 Å². The van der Waals surface area contributed by atoms with Crippen LogP contribution in [0.5, 0.6) is 0 Å². The summed E-state index contributed by atoms with van der Waals surface area (Å²) >= 11 is 5.79. The lowest BCUT2D eigenvalue weighted by Gasteiger charge is -2.24. The summed E-state index contributed by atoms with van der Waals surface area (Å²) in [5.41, 5.74) is 6.75. The van der Waals surface area contributed by atoms with Crippen LogP contribution in [0.4, 0.5) is 11.4 Å². The Balaban J connectivity index is 2.75. The molecule has 0 aliphatic carbocycles. The molecule has 3 N–H and O–H groups in total. The molecule has 0 heterocycles. The zero-order chi connectivity index (χ0) is 13.7. The van der Waals surface area contributed by atoms with Crippen molar-refractivity contribution in [2.24, 2.45) is 0 Å². The molecule has 100 valence electrons. The van der Waals surface area contributed by atoms with Crippen molar-refractivity contribution >= 4 is 28.9 Å². The maximum Gasteiger partial charge on any atom is 0.243 e. The van der Waals surface area contributed by atoms with Crippen molar-refractivity contribution in [3.05, 3.63) is 23.2 Å². The SMILES string of the molecule is CCN(OC)C(C)C(=O)Nc1ccc(Cl)cc1N. The summed E-state index contributed by atoms with van der Waals surface area (Å²) in [6.45, 7) is 4.28. The Morgan fingerprint density at radius 2 is 2.28 bits per heavy atom. The lowest BCUT2D eigenvalue weighted by atomic mass is 10.2. The largest absolute Gasteiger partial charge is 0.397 e. The van der Waals surface area contributed by atoms with Gasteiger partial charge in [0.25, 0.3) is 0 Å². The average Bonchev–Trinajstić information content (AvgIpc) is 2.34. The molecular weight excluding hydrogens is 254 g/mol. The van der Waals surface area contributed by atoms with Crippen molar-refractivity contribution in [3.63, 3.8) is 0 Å². The number of nitrogens with one attached hydrogen (secondary N) is 1. The second-order valence-corrected chi connectivity index (χ2v) is 4.25. The molecule has 6 heteroatoms. The molecule has 0 radical (unpaired) electrons. The van der Waals surface area contributed by atoms with Crippen LogP contribution in [0.25, 0.3) is 0 Å². The van der Waals surface area contributed by atoms with Gasteiger partial charge in [-0.15, -0.1) is 0 Å². The van der Waals surface area contributed by atoms with Crippen molar-refractivity contribution in [2.75, 3.05) is 24.7 Å². The van der Waals surface area contributed by atoms with Crippen LogP contribution in [0.2, 0.25) is 5.02 Å². The summed E-state index contributed by atoms with van der Waals surface area (Å²) < 4.78 is 0. The third kappa shape index (κ3) is 3.60. The third-order valence-corrected chi connectivity index (χ3v) is 2.86. The number of halogens is 1. The number of likely N-dealkylation sites (N-methyl/N-ethyl adjacent to an activating group) is 1. The Hall–Kier alpha value is -1.30. The number of nitrogens with zero attached hydrogens (tertiary/aromatic N) is 1. The van der Waals surface area contributed by atoms with E-state index < -0.39 is 6.04 Å². The van der Waals surface area contributed by atoms with Gasteiger partial charge in [0, 0.05) is 11.6 Å². The standard InChI is InChI=1S/C12H18ClN3O2/c1-4-16(18-3)8(2)12(17)15-11-6-5-9(13)7-10(11)14/h5-8H,4,14H2,1-3H3,(H,15,17). The van der Waals surface area contributed by atoms with E-state index in [2.05, 4.69) is 5.32 Å². The first-order valence-electron chi connectivity index (χ1n) is 5.66. The monoisotopic (exact) mass is 271 g/mol.